The van der Waals surface area contributed by atoms with Crippen molar-refractivity contribution in [3.63, 3.8) is 0 Å². The van der Waals surface area contributed by atoms with Gasteiger partial charge in [0.1, 0.15) is 5.82 Å². The lowest BCUT2D eigenvalue weighted by atomic mass is 9.98. The van der Waals surface area contributed by atoms with E-state index in [0.717, 1.165) is 17.2 Å². The molecule has 108 valence electrons. The van der Waals surface area contributed by atoms with Gasteiger partial charge in [-0.05, 0) is 23.4 Å². The summed E-state index contributed by atoms with van der Waals surface area (Å²) in [5.41, 5.74) is 1.21. The highest BCUT2D eigenvalue weighted by molar-refractivity contribution is 9.09. The summed E-state index contributed by atoms with van der Waals surface area (Å²) in [4.78, 5) is 0.314. The van der Waals surface area contributed by atoms with Crippen molar-refractivity contribution in [3.8, 4) is 0 Å². The second-order valence-electron chi connectivity index (χ2n) is 5.35. The molecular formula is C18H22BrF. The van der Waals surface area contributed by atoms with Crippen molar-refractivity contribution in [2.75, 3.05) is 0 Å². The van der Waals surface area contributed by atoms with Crippen LogP contribution < -0.4 is 0 Å². The van der Waals surface area contributed by atoms with Crippen LogP contribution in [0.25, 0.3) is 10.8 Å². The van der Waals surface area contributed by atoms with E-state index >= 15 is 0 Å². The minimum atomic E-state index is -0.132. The summed E-state index contributed by atoms with van der Waals surface area (Å²) in [6.45, 7) is 2.23. The van der Waals surface area contributed by atoms with Gasteiger partial charge in [-0.15, -0.1) is 0 Å². The lowest BCUT2D eigenvalue weighted by Gasteiger charge is -2.13. The Balaban J connectivity index is 2.06. The molecule has 1 atom stereocenters. The molecule has 0 radical (unpaired) electrons. The topological polar surface area (TPSA) is 0 Å². The Hall–Kier alpha value is -0.890. The summed E-state index contributed by atoms with van der Waals surface area (Å²) >= 11 is 3.78. The Morgan fingerprint density at radius 1 is 0.950 bits per heavy atom. The van der Waals surface area contributed by atoms with Crippen molar-refractivity contribution in [2.45, 2.75) is 50.3 Å². The monoisotopic (exact) mass is 336 g/mol. The number of unbranched alkanes of at least 4 members (excludes halogenated alkanes) is 4. The molecule has 0 spiro atoms. The highest BCUT2D eigenvalue weighted by Gasteiger charge is 2.12. The first kappa shape index (κ1) is 15.5. The molecule has 0 aromatic heterocycles. The van der Waals surface area contributed by atoms with Gasteiger partial charge >= 0.3 is 0 Å². The zero-order chi connectivity index (χ0) is 14.4. The van der Waals surface area contributed by atoms with Crippen LogP contribution in [0, 0.1) is 5.82 Å². The molecule has 0 fully saturated rings. The molecule has 1 unspecified atom stereocenters. The molecule has 0 saturated carbocycles. The number of benzene rings is 2. The van der Waals surface area contributed by atoms with E-state index in [4.69, 9.17) is 0 Å². The standard InChI is InChI=1S/C18H22BrF/c1-2-3-4-5-6-11-17(19)15-12-13-18(20)16-10-8-7-9-14(15)16/h7-10,12-13,17H,2-6,11H2,1H3. The van der Waals surface area contributed by atoms with Crippen LogP contribution in [0.15, 0.2) is 36.4 Å². The molecule has 0 N–H and O–H groups in total. The number of rotatable bonds is 7. The molecule has 0 bridgehead atoms. The predicted molar refractivity (Wildman–Crippen MR) is 89.0 cm³/mol. The molecule has 2 heteroatoms. The number of halogens is 2. The predicted octanol–water partition coefficient (Wildman–Crippen LogP) is 6.78. The van der Waals surface area contributed by atoms with E-state index in [-0.39, 0.29) is 5.82 Å². The maximum absolute atomic E-state index is 13.8. The molecule has 20 heavy (non-hydrogen) atoms. The van der Waals surface area contributed by atoms with Gasteiger partial charge in [0.15, 0.2) is 0 Å². The van der Waals surface area contributed by atoms with Gasteiger partial charge in [0, 0.05) is 10.2 Å². The second kappa shape index (κ2) is 7.78. The number of fused-ring (bicyclic) bond motifs is 1. The lowest BCUT2D eigenvalue weighted by molar-refractivity contribution is 0.606. The molecule has 2 aromatic rings. The largest absolute Gasteiger partial charge is 0.206 e. The van der Waals surface area contributed by atoms with Crippen LogP contribution in [0.4, 0.5) is 4.39 Å². The van der Waals surface area contributed by atoms with Gasteiger partial charge < -0.3 is 0 Å². The Kier molecular flexibility index (Phi) is 6.03. The molecular weight excluding hydrogens is 315 g/mol. The average molecular weight is 337 g/mol. The molecule has 0 heterocycles. The van der Waals surface area contributed by atoms with Crippen LogP contribution in [0.5, 0.6) is 0 Å². The van der Waals surface area contributed by atoms with Gasteiger partial charge in [0.2, 0.25) is 0 Å². The van der Waals surface area contributed by atoms with Crippen LogP contribution >= 0.6 is 15.9 Å². The Morgan fingerprint density at radius 3 is 2.40 bits per heavy atom. The van der Waals surface area contributed by atoms with E-state index in [1.165, 1.54) is 37.7 Å². The fraction of sp³-hybridized carbons (Fsp3) is 0.444. The average Bonchev–Trinajstić information content (AvgIpc) is 2.47. The maximum Gasteiger partial charge on any atom is 0.131 e. The van der Waals surface area contributed by atoms with E-state index in [2.05, 4.69) is 22.9 Å². The number of alkyl halides is 1. The summed E-state index contributed by atoms with van der Waals surface area (Å²) < 4.78 is 13.8. The Bertz CT molecular complexity index is 550. The highest BCUT2D eigenvalue weighted by Crippen LogP contribution is 2.34. The quantitative estimate of drug-likeness (QED) is 0.386. The van der Waals surface area contributed by atoms with Gasteiger partial charge in [0.25, 0.3) is 0 Å². The third kappa shape index (κ3) is 3.82. The van der Waals surface area contributed by atoms with Crippen LogP contribution in [-0.4, -0.2) is 0 Å². The normalized spacial score (nSPS) is 12.8. The molecule has 0 aliphatic carbocycles. The van der Waals surface area contributed by atoms with Gasteiger partial charge in [0.05, 0.1) is 0 Å². The van der Waals surface area contributed by atoms with Crippen LogP contribution in [-0.2, 0) is 0 Å². The summed E-state index contributed by atoms with van der Waals surface area (Å²) in [5, 5.41) is 1.75. The molecule has 0 nitrogen and oxygen atoms in total. The van der Waals surface area contributed by atoms with Crippen LogP contribution in [0.1, 0.15) is 55.8 Å². The zero-order valence-corrected chi connectivity index (χ0v) is 13.6. The van der Waals surface area contributed by atoms with Crippen molar-refractivity contribution in [3.05, 3.63) is 47.8 Å². The van der Waals surface area contributed by atoms with E-state index in [1.54, 1.807) is 6.07 Å². The second-order valence-corrected chi connectivity index (χ2v) is 6.46. The molecule has 0 saturated heterocycles. The van der Waals surface area contributed by atoms with Crippen LogP contribution in [0.2, 0.25) is 0 Å². The molecule has 2 rings (SSSR count). The minimum Gasteiger partial charge on any atom is -0.206 e. The van der Waals surface area contributed by atoms with E-state index in [0.29, 0.717) is 4.83 Å². The molecule has 0 amide bonds. The van der Waals surface area contributed by atoms with E-state index < -0.39 is 0 Å². The number of hydrogen-bond acceptors (Lipinski definition) is 0. The fourth-order valence-electron chi connectivity index (χ4n) is 2.64. The summed E-state index contributed by atoms with van der Waals surface area (Å²) in [5.74, 6) is -0.132. The number of hydrogen-bond donors (Lipinski definition) is 0. The minimum absolute atomic E-state index is 0.132. The lowest BCUT2D eigenvalue weighted by Crippen LogP contribution is -1.94. The Labute approximate surface area is 129 Å². The summed E-state index contributed by atoms with van der Waals surface area (Å²) in [7, 11) is 0. The zero-order valence-electron chi connectivity index (χ0n) is 12.0. The molecule has 0 aliphatic rings. The maximum atomic E-state index is 13.8. The van der Waals surface area contributed by atoms with Crippen molar-refractivity contribution in [2.24, 2.45) is 0 Å². The van der Waals surface area contributed by atoms with Gasteiger partial charge in [-0.2, -0.15) is 0 Å². The smallest absolute Gasteiger partial charge is 0.131 e. The van der Waals surface area contributed by atoms with Crippen molar-refractivity contribution >= 4 is 26.7 Å². The SMILES string of the molecule is CCCCCCCC(Br)c1ccc(F)c2ccccc12. The summed E-state index contributed by atoms with van der Waals surface area (Å²) in [6.07, 6.45) is 7.54. The first-order valence-electron chi connectivity index (χ1n) is 7.55. The van der Waals surface area contributed by atoms with Gasteiger partial charge in [-0.3, -0.25) is 0 Å². The first-order valence-corrected chi connectivity index (χ1v) is 8.46. The third-order valence-corrected chi connectivity index (χ3v) is 4.75. The fourth-order valence-corrected chi connectivity index (χ4v) is 3.36. The van der Waals surface area contributed by atoms with Crippen molar-refractivity contribution in [1.29, 1.82) is 0 Å². The van der Waals surface area contributed by atoms with Gasteiger partial charge in [-0.1, -0.05) is 85.3 Å². The Morgan fingerprint density at radius 2 is 1.65 bits per heavy atom. The third-order valence-electron chi connectivity index (χ3n) is 3.80. The molecule has 2 aromatic carbocycles. The summed E-state index contributed by atoms with van der Waals surface area (Å²) in [6, 6.07) is 11.2. The van der Waals surface area contributed by atoms with Gasteiger partial charge in [-0.25, -0.2) is 4.39 Å². The molecule has 0 aliphatic heterocycles. The van der Waals surface area contributed by atoms with Crippen molar-refractivity contribution in [1.82, 2.24) is 0 Å². The van der Waals surface area contributed by atoms with E-state index in [9.17, 15) is 4.39 Å². The van der Waals surface area contributed by atoms with Crippen molar-refractivity contribution < 1.29 is 4.39 Å². The highest BCUT2D eigenvalue weighted by atomic mass is 79.9. The first-order chi connectivity index (χ1) is 9.74. The van der Waals surface area contributed by atoms with Crippen LogP contribution in [0.3, 0.4) is 0 Å². The van der Waals surface area contributed by atoms with E-state index in [1.807, 2.05) is 30.3 Å².